The molecule has 2 rings (SSSR count). The number of anilines is 1. The van der Waals surface area contributed by atoms with E-state index in [1.807, 2.05) is 17.3 Å². The third-order valence-corrected chi connectivity index (χ3v) is 4.13. The van der Waals surface area contributed by atoms with Gasteiger partial charge in [-0.05, 0) is 12.8 Å². The second kappa shape index (κ2) is 4.28. The van der Waals surface area contributed by atoms with Crippen molar-refractivity contribution in [3.05, 3.63) is 10.5 Å². The first-order chi connectivity index (χ1) is 7.09. The zero-order chi connectivity index (χ0) is 10.9. The maximum absolute atomic E-state index is 10.2. The van der Waals surface area contributed by atoms with E-state index in [4.69, 9.17) is 11.6 Å². The Kier molecular flexibility index (Phi) is 3.19. The van der Waals surface area contributed by atoms with E-state index in [1.165, 1.54) is 11.3 Å². The lowest BCUT2D eigenvalue weighted by molar-refractivity contribution is 0.0559. The van der Waals surface area contributed by atoms with Crippen LogP contribution >= 0.6 is 22.9 Å². The number of likely N-dealkylation sites (N-methyl/N-ethyl adjacent to an activating group) is 1. The Morgan fingerprint density at radius 3 is 2.80 bits per heavy atom. The molecule has 1 aromatic rings. The van der Waals surface area contributed by atoms with E-state index in [0.29, 0.717) is 11.7 Å². The van der Waals surface area contributed by atoms with Crippen molar-refractivity contribution in [1.82, 2.24) is 4.98 Å². The van der Waals surface area contributed by atoms with Crippen LogP contribution in [-0.2, 0) is 0 Å². The molecule has 1 aromatic heterocycles. The molecule has 1 heterocycles. The highest BCUT2D eigenvalue weighted by Crippen LogP contribution is 2.32. The predicted molar refractivity (Wildman–Crippen MR) is 63.8 cm³/mol. The van der Waals surface area contributed by atoms with Gasteiger partial charge in [0, 0.05) is 19.0 Å². The average Bonchev–Trinajstić information content (AvgIpc) is 2.75. The highest BCUT2D eigenvalue weighted by molar-refractivity contribution is 7.14. The minimum atomic E-state index is -0.521. The molecule has 0 unspecified atom stereocenters. The van der Waals surface area contributed by atoms with Crippen molar-refractivity contribution < 1.29 is 5.11 Å². The van der Waals surface area contributed by atoms with Gasteiger partial charge < -0.3 is 10.0 Å². The van der Waals surface area contributed by atoms with E-state index in [-0.39, 0.29) is 0 Å². The molecule has 1 aliphatic rings. The van der Waals surface area contributed by atoms with Crippen LogP contribution in [0.3, 0.4) is 0 Å². The Balaban J connectivity index is 2.00. The van der Waals surface area contributed by atoms with Gasteiger partial charge in [-0.25, -0.2) is 4.98 Å². The number of aliphatic hydroxyl groups is 1. The van der Waals surface area contributed by atoms with Gasteiger partial charge >= 0.3 is 0 Å². The monoisotopic (exact) mass is 246 g/mol. The summed E-state index contributed by atoms with van der Waals surface area (Å²) in [5, 5.41) is 13.4. The van der Waals surface area contributed by atoms with Crippen molar-refractivity contribution >= 4 is 28.1 Å². The zero-order valence-electron chi connectivity index (χ0n) is 8.74. The molecule has 0 saturated heterocycles. The standard InChI is InChI=1S/C10H15ClN2OS/c1-13(9-12-8(11)6-15-9)7-10(14)4-2-3-5-10/h6,14H,2-5,7H2,1H3. The zero-order valence-corrected chi connectivity index (χ0v) is 10.3. The molecule has 0 aliphatic heterocycles. The first kappa shape index (κ1) is 11.2. The molecule has 1 fully saturated rings. The molecule has 1 aliphatic carbocycles. The minimum Gasteiger partial charge on any atom is -0.388 e. The van der Waals surface area contributed by atoms with Crippen LogP contribution in [0.1, 0.15) is 25.7 Å². The van der Waals surface area contributed by atoms with Crippen LogP contribution in [0.25, 0.3) is 0 Å². The molecular formula is C10H15ClN2OS. The third-order valence-electron chi connectivity index (χ3n) is 2.86. The summed E-state index contributed by atoms with van der Waals surface area (Å²) < 4.78 is 0. The van der Waals surface area contributed by atoms with Gasteiger partial charge in [0.05, 0.1) is 5.60 Å². The largest absolute Gasteiger partial charge is 0.388 e. The normalized spacial score (nSPS) is 19.4. The topological polar surface area (TPSA) is 36.4 Å². The van der Waals surface area contributed by atoms with Gasteiger partial charge in [0.25, 0.3) is 0 Å². The summed E-state index contributed by atoms with van der Waals surface area (Å²) in [6.45, 7) is 0.650. The van der Waals surface area contributed by atoms with E-state index < -0.39 is 5.60 Å². The van der Waals surface area contributed by atoms with Gasteiger partial charge in [-0.2, -0.15) is 0 Å². The highest BCUT2D eigenvalue weighted by Gasteiger charge is 2.32. The quantitative estimate of drug-likeness (QED) is 0.891. The van der Waals surface area contributed by atoms with Crippen molar-refractivity contribution in [2.45, 2.75) is 31.3 Å². The summed E-state index contributed by atoms with van der Waals surface area (Å²) in [6, 6.07) is 0. The van der Waals surface area contributed by atoms with Crippen molar-refractivity contribution in [2.24, 2.45) is 0 Å². The first-order valence-corrected chi connectivity index (χ1v) is 6.39. The second-order valence-electron chi connectivity index (χ2n) is 4.24. The van der Waals surface area contributed by atoms with Gasteiger partial charge in [-0.3, -0.25) is 0 Å². The van der Waals surface area contributed by atoms with E-state index in [2.05, 4.69) is 4.98 Å². The lowest BCUT2D eigenvalue weighted by Gasteiger charge is -2.28. The highest BCUT2D eigenvalue weighted by atomic mass is 35.5. The number of halogens is 1. The summed E-state index contributed by atoms with van der Waals surface area (Å²) >= 11 is 7.28. The van der Waals surface area contributed by atoms with Crippen LogP contribution in [-0.4, -0.2) is 29.3 Å². The van der Waals surface area contributed by atoms with Crippen molar-refractivity contribution in [2.75, 3.05) is 18.5 Å². The fourth-order valence-corrected chi connectivity index (χ4v) is 3.04. The van der Waals surface area contributed by atoms with Gasteiger partial charge in [-0.15, -0.1) is 11.3 Å². The first-order valence-electron chi connectivity index (χ1n) is 5.14. The van der Waals surface area contributed by atoms with Gasteiger partial charge in [0.1, 0.15) is 5.15 Å². The molecule has 0 spiro atoms. The number of hydrogen-bond donors (Lipinski definition) is 1. The van der Waals surface area contributed by atoms with Crippen molar-refractivity contribution in [3.8, 4) is 0 Å². The van der Waals surface area contributed by atoms with E-state index >= 15 is 0 Å². The van der Waals surface area contributed by atoms with E-state index in [1.54, 1.807) is 0 Å². The predicted octanol–water partition coefficient (Wildman–Crippen LogP) is 2.54. The molecule has 84 valence electrons. The van der Waals surface area contributed by atoms with E-state index in [9.17, 15) is 5.11 Å². The number of nitrogens with zero attached hydrogens (tertiary/aromatic N) is 2. The number of rotatable bonds is 3. The van der Waals surface area contributed by atoms with Crippen LogP contribution in [0, 0.1) is 0 Å². The lowest BCUT2D eigenvalue weighted by atomic mass is 10.0. The molecule has 1 N–H and O–H groups in total. The smallest absolute Gasteiger partial charge is 0.186 e. The second-order valence-corrected chi connectivity index (χ2v) is 5.46. The molecule has 3 nitrogen and oxygen atoms in total. The molecule has 0 aromatic carbocycles. The fourth-order valence-electron chi connectivity index (χ4n) is 2.12. The van der Waals surface area contributed by atoms with E-state index in [0.717, 1.165) is 30.8 Å². The van der Waals surface area contributed by atoms with Crippen LogP contribution in [0.5, 0.6) is 0 Å². The maximum Gasteiger partial charge on any atom is 0.186 e. The molecule has 0 atom stereocenters. The molecule has 0 radical (unpaired) electrons. The van der Waals surface area contributed by atoms with Crippen molar-refractivity contribution in [3.63, 3.8) is 0 Å². The summed E-state index contributed by atoms with van der Waals surface area (Å²) in [6.07, 6.45) is 4.05. The van der Waals surface area contributed by atoms with Crippen LogP contribution in [0.4, 0.5) is 5.13 Å². The van der Waals surface area contributed by atoms with Gasteiger partial charge in [-0.1, -0.05) is 24.4 Å². The summed E-state index contributed by atoms with van der Waals surface area (Å²) in [5.41, 5.74) is -0.521. The SMILES string of the molecule is CN(CC1(O)CCCC1)c1nc(Cl)cs1. The van der Waals surface area contributed by atoms with Crippen molar-refractivity contribution in [1.29, 1.82) is 0 Å². The molecule has 0 bridgehead atoms. The minimum absolute atomic E-state index is 0.521. The number of hydrogen-bond acceptors (Lipinski definition) is 4. The molecule has 5 heteroatoms. The maximum atomic E-state index is 10.2. The molecule has 15 heavy (non-hydrogen) atoms. The van der Waals surface area contributed by atoms with Gasteiger partial charge in [0.15, 0.2) is 5.13 Å². The Bertz CT molecular complexity index is 336. The summed E-state index contributed by atoms with van der Waals surface area (Å²) in [4.78, 5) is 6.17. The number of thiazole rings is 1. The Labute approximate surface area is 98.7 Å². The van der Waals surface area contributed by atoms with Crippen LogP contribution < -0.4 is 4.90 Å². The lowest BCUT2D eigenvalue weighted by Crippen LogP contribution is -2.39. The van der Waals surface area contributed by atoms with Crippen LogP contribution in [0.15, 0.2) is 5.38 Å². The fraction of sp³-hybridized carbons (Fsp3) is 0.700. The number of aromatic nitrogens is 1. The summed E-state index contributed by atoms with van der Waals surface area (Å²) in [5.74, 6) is 0. The Hall–Kier alpha value is -0.320. The molecule has 1 saturated carbocycles. The molecular weight excluding hydrogens is 232 g/mol. The third kappa shape index (κ3) is 2.62. The molecule has 0 amide bonds. The Morgan fingerprint density at radius 1 is 1.60 bits per heavy atom. The van der Waals surface area contributed by atoms with Gasteiger partial charge in [0.2, 0.25) is 0 Å². The Morgan fingerprint density at radius 2 is 2.27 bits per heavy atom. The van der Waals surface area contributed by atoms with Crippen LogP contribution in [0.2, 0.25) is 5.15 Å². The summed E-state index contributed by atoms with van der Waals surface area (Å²) in [7, 11) is 1.95. The average molecular weight is 247 g/mol.